The van der Waals surface area contributed by atoms with E-state index in [0.29, 0.717) is 11.4 Å². The van der Waals surface area contributed by atoms with Crippen LogP contribution in [-0.4, -0.2) is 5.11 Å². The fourth-order valence-corrected chi connectivity index (χ4v) is 3.27. The van der Waals surface area contributed by atoms with E-state index in [0.717, 1.165) is 15.6 Å². The largest absolute Gasteiger partial charge is 0.388 e. The number of aliphatic hydroxyl groups excluding tert-OH is 1. The molecule has 0 heterocycles. The summed E-state index contributed by atoms with van der Waals surface area (Å²) >= 11 is 9.57. The predicted molar refractivity (Wildman–Crippen MR) is 91.8 cm³/mol. The van der Waals surface area contributed by atoms with Crippen LogP contribution in [0.15, 0.2) is 65.1 Å². The molecule has 0 radical (unpaired) electrons. The summed E-state index contributed by atoms with van der Waals surface area (Å²) in [6.45, 7) is 0. The predicted octanol–water partition coefficient (Wildman–Crippen LogP) is 5.53. The second-order valence-corrected chi connectivity index (χ2v) is 6.39. The second kappa shape index (κ2) is 6.18. The molecule has 0 amide bonds. The van der Waals surface area contributed by atoms with Crippen LogP contribution in [0.2, 0.25) is 5.02 Å². The summed E-state index contributed by atoms with van der Waals surface area (Å²) in [4.78, 5) is 0. The molecule has 0 aliphatic carbocycles. The highest BCUT2D eigenvalue weighted by atomic mass is 79.9. The Hall–Kier alpha value is -1.35. The lowest BCUT2D eigenvalue weighted by molar-refractivity contribution is 0.178. The Kier molecular flexibility index (Phi) is 4.29. The van der Waals surface area contributed by atoms with E-state index in [4.69, 9.17) is 11.6 Å². The minimum absolute atomic E-state index is 0.548. The van der Waals surface area contributed by atoms with Crippen molar-refractivity contribution in [2.75, 3.05) is 0 Å². The van der Waals surface area contributed by atoms with Gasteiger partial charge in [0.05, 0.1) is 6.10 Å². The summed E-state index contributed by atoms with van der Waals surface area (Å²) in [6, 6.07) is 20.0. The van der Waals surface area contributed by atoms with Crippen LogP contribution in [0.25, 0.3) is 10.8 Å². The molecule has 3 aromatic rings. The molecule has 3 aromatic carbocycles. The van der Waals surface area contributed by atoms with Crippen LogP contribution in [-0.2, 0) is 6.42 Å². The molecule has 0 fully saturated rings. The van der Waals surface area contributed by atoms with E-state index in [1.165, 1.54) is 10.8 Å². The lowest BCUT2D eigenvalue weighted by Gasteiger charge is -2.13. The number of halogens is 2. The van der Waals surface area contributed by atoms with Gasteiger partial charge in [-0.05, 0) is 34.0 Å². The molecule has 1 atom stereocenters. The monoisotopic (exact) mass is 360 g/mol. The normalized spacial score (nSPS) is 12.5. The van der Waals surface area contributed by atoms with Crippen molar-refractivity contribution in [2.24, 2.45) is 0 Å². The molecule has 0 bridgehead atoms. The van der Waals surface area contributed by atoms with E-state index in [9.17, 15) is 5.11 Å². The third kappa shape index (κ3) is 3.29. The molecule has 0 aromatic heterocycles. The zero-order valence-corrected chi connectivity index (χ0v) is 13.6. The van der Waals surface area contributed by atoms with Gasteiger partial charge in [0.15, 0.2) is 0 Å². The van der Waals surface area contributed by atoms with Crippen molar-refractivity contribution in [3.63, 3.8) is 0 Å². The van der Waals surface area contributed by atoms with Crippen molar-refractivity contribution in [1.82, 2.24) is 0 Å². The van der Waals surface area contributed by atoms with Gasteiger partial charge in [0.1, 0.15) is 0 Å². The molecule has 0 saturated heterocycles. The average molecular weight is 362 g/mol. The molecule has 21 heavy (non-hydrogen) atoms. The van der Waals surface area contributed by atoms with Gasteiger partial charge in [-0.2, -0.15) is 0 Å². The van der Waals surface area contributed by atoms with Crippen LogP contribution < -0.4 is 0 Å². The highest BCUT2D eigenvalue weighted by Gasteiger charge is 2.13. The van der Waals surface area contributed by atoms with E-state index >= 15 is 0 Å². The van der Waals surface area contributed by atoms with Crippen LogP contribution in [0, 0.1) is 0 Å². The summed E-state index contributed by atoms with van der Waals surface area (Å²) in [6.07, 6.45) is -0.0570. The Morgan fingerprint density at radius 2 is 1.71 bits per heavy atom. The fraction of sp³-hybridized carbons (Fsp3) is 0.111. The van der Waals surface area contributed by atoms with Gasteiger partial charge in [-0.1, -0.05) is 76.1 Å². The van der Waals surface area contributed by atoms with Crippen molar-refractivity contribution < 1.29 is 5.11 Å². The summed E-state index contributed by atoms with van der Waals surface area (Å²) in [5, 5.41) is 13.4. The van der Waals surface area contributed by atoms with Crippen LogP contribution in [0.3, 0.4) is 0 Å². The first-order valence-corrected chi connectivity index (χ1v) is 7.91. The topological polar surface area (TPSA) is 20.2 Å². The molecule has 1 unspecified atom stereocenters. The Labute approximate surface area is 137 Å². The Bertz CT molecular complexity index is 785. The van der Waals surface area contributed by atoms with Gasteiger partial charge in [-0.25, -0.2) is 0 Å². The Balaban J connectivity index is 1.87. The third-order valence-corrected chi connectivity index (χ3v) is 4.39. The highest BCUT2D eigenvalue weighted by molar-refractivity contribution is 9.10. The number of fused-ring (bicyclic) bond motifs is 1. The first kappa shape index (κ1) is 14.6. The molecule has 0 aliphatic heterocycles. The van der Waals surface area contributed by atoms with E-state index < -0.39 is 6.10 Å². The molecule has 1 N–H and O–H groups in total. The Morgan fingerprint density at radius 3 is 2.48 bits per heavy atom. The maximum absolute atomic E-state index is 10.4. The number of benzene rings is 3. The summed E-state index contributed by atoms with van der Waals surface area (Å²) < 4.78 is 0.911. The van der Waals surface area contributed by atoms with Crippen molar-refractivity contribution in [3.8, 4) is 0 Å². The molecular formula is C18H14BrClO. The lowest BCUT2D eigenvalue weighted by atomic mass is 9.99. The molecule has 3 rings (SSSR count). The minimum atomic E-state index is -0.605. The van der Waals surface area contributed by atoms with E-state index in [-0.39, 0.29) is 0 Å². The van der Waals surface area contributed by atoms with Gasteiger partial charge in [0.2, 0.25) is 0 Å². The maximum atomic E-state index is 10.4. The molecule has 3 heteroatoms. The van der Waals surface area contributed by atoms with E-state index in [2.05, 4.69) is 46.3 Å². The van der Waals surface area contributed by atoms with Crippen molar-refractivity contribution in [3.05, 3.63) is 81.3 Å². The van der Waals surface area contributed by atoms with Gasteiger partial charge in [0.25, 0.3) is 0 Å². The fourth-order valence-electron chi connectivity index (χ4n) is 2.47. The zero-order chi connectivity index (χ0) is 14.8. The number of hydrogen-bond acceptors (Lipinski definition) is 1. The average Bonchev–Trinajstić information content (AvgIpc) is 2.47. The molecule has 1 nitrogen and oxygen atoms in total. The number of rotatable bonds is 3. The van der Waals surface area contributed by atoms with Crippen LogP contribution in [0.5, 0.6) is 0 Å². The van der Waals surface area contributed by atoms with Gasteiger partial charge in [-0.15, -0.1) is 0 Å². The number of hydrogen-bond donors (Lipinski definition) is 1. The smallest absolute Gasteiger partial charge is 0.0844 e. The zero-order valence-electron chi connectivity index (χ0n) is 11.3. The SMILES string of the molecule is OC(Cc1ccc2ccccc2c1)c1ccc(Br)cc1Cl. The van der Waals surface area contributed by atoms with Crippen LogP contribution in [0.1, 0.15) is 17.2 Å². The summed E-state index contributed by atoms with van der Waals surface area (Å²) in [7, 11) is 0. The highest BCUT2D eigenvalue weighted by Crippen LogP contribution is 2.29. The molecule has 0 saturated carbocycles. The van der Waals surface area contributed by atoms with Gasteiger partial charge < -0.3 is 5.11 Å². The van der Waals surface area contributed by atoms with Gasteiger partial charge in [-0.3, -0.25) is 0 Å². The van der Waals surface area contributed by atoms with E-state index in [1.54, 1.807) is 6.07 Å². The first-order chi connectivity index (χ1) is 10.1. The third-order valence-electron chi connectivity index (χ3n) is 3.56. The van der Waals surface area contributed by atoms with Crippen molar-refractivity contribution >= 4 is 38.3 Å². The van der Waals surface area contributed by atoms with Crippen LogP contribution >= 0.6 is 27.5 Å². The molecule has 106 valence electrons. The summed E-state index contributed by atoms with van der Waals surface area (Å²) in [5.74, 6) is 0. The molecular weight excluding hydrogens is 348 g/mol. The van der Waals surface area contributed by atoms with Crippen LogP contribution in [0.4, 0.5) is 0 Å². The summed E-state index contributed by atoms with van der Waals surface area (Å²) in [5.41, 5.74) is 1.85. The van der Waals surface area contributed by atoms with Crippen molar-refractivity contribution in [1.29, 1.82) is 0 Å². The number of aliphatic hydroxyl groups is 1. The minimum Gasteiger partial charge on any atom is -0.388 e. The van der Waals surface area contributed by atoms with Gasteiger partial charge in [0, 0.05) is 15.9 Å². The lowest BCUT2D eigenvalue weighted by Crippen LogP contribution is -2.02. The first-order valence-electron chi connectivity index (χ1n) is 6.74. The molecule has 0 spiro atoms. The quantitative estimate of drug-likeness (QED) is 0.650. The van der Waals surface area contributed by atoms with E-state index in [1.807, 2.05) is 24.3 Å². The standard InChI is InChI=1S/C18H14BrClO/c19-15-7-8-16(17(20)11-15)18(21)10-12-5-6-13-3-1-2-4-14(13)9-12/h1-9,11,18,21H,10H2. The van der Waals surface area contributed by atoms with Crippen molar-refractivity contribution in [2.45, 2.75) is 12.5 Å². The van der Waals surface area contributed by atoms with Gasteiger partial charge >= 0.3 is 0 Å². The second-order valence-electron chi connectivity index (χ2n) is 5.07. The maximum Gasteiger partial charge on any atom is 0.0844 e. The Morgan fingerprint density at radius 1 is 0.952 bits per heavy atom. The molecule has 0 aliphatic rings.